The first-order chi connectivity index (χ1) is 16.8. The van der Waals surface area contributed by atoms with E-state index in [4.69, 9.17) is 4.98 Å². The lowest BCUT2D eigenvalue weighted by molar-refractivity contribution is -0.120. The molecule has 0 aliphatic carbocycles. The van der Waals surface area contributed by atoms with Crippen molar-refractivity contribution in [2.24, 2.45) is 5.92 Å². The summed E-state index contributed by atoms with van der Waals surface area (Å²) < 4.78 is 27.4. The minimum atomic E-state index is -3.46. The summed E-state index contributed by atoms with van der Waals surface area (Å²) in [5.74, 6) is 0.739. The van der Waals surface area contributed by atoms with Crippen LogP contribution in [0.2, 0.25) is 0 Å². The van der Waals surface area contributed by atoms with E-state index in [2.05, 4.69) is 17.1 Å². The van der Waals surface area contributed by atoms with Crippen molar-refractivity contribution < 1.29 is 13.2 Å². The third-order valence-electron chi connectivity index (χ3n) is 7.24. The molecular formula is C27H32N4O3S. The maximum Gasteiger partial charge on any atom is 0.243 e. The van der Waals surface area contributed by atoms with E-state index in [9.17, 15) is 13.2 Å². The predicted molar refractivity (Wildman–Crippen MR) is 139 cm³/mol. The van der Waals surface area contributed by atoms with Gasteiger partial charge in [0.25, 0.3) is 0 Å². The molecule has 1 aromatic heterocycles. The molecule has 0 radical (unpaired) electrons. The topological polar surface area (TPSA) is 82.6 Å². The molecule has 3 heterocycles. The molecule has 1 atom stereocenters. The highest BCUT2D eigenvalue weighted by atomic mass is 32.2. The Bertz CT molecular complexity index is 1370. The van der Waals surface area contributed by atoms with Gasteiger partial charge in [-0.3, -0.25) is 4.79 Å². The Morgan fingerprint density at radius 2 is 1.74 bits per heavy atom. The molecule has 0 spiro atoms. The summed E-state index contributed by atoms with van der Waals surface area (Å²) in [5.41, 5.74) is 3.95. The van der Waals surface area contributed by atoms with Crippen LogP contribution in [0.15, 0.2) is 53.4 Å². The number of hydrogen-bond acceptors (Lipinski definition) is 5. The molecule has 2 aromatic carbocycles. The number of fused-ring (bicyclic) bond motifs is 1. The fourth-order valence-corrected chi connectivity index (χ4v) is 6.52. The number of nitrogens with zero attached hydrogens (tertiary/aromatic N) is 3. The molecule has 184 valence electrons. The molecule has 2 saturated heterocycles. The van der Waals surface area contributed by atoms with Crippen molar-refractivity contribution in [2.75, 3.05) is 36.4 Å². The van der Waals surface area contributed by atoms with Gasteiger partial charge in [0.05, 0.1) is 16.3 Å². The van der Waals surface area contributed by atoms with E-state index in [1.165, 1.54) is 5.56 Å². The summed E-state index contributed by atoms with van der Waals surface area (Å²) in [6, 6.07) is 15.0. The van der Waals surface area contributed by atoms with Gasteiger partial charge in [-0.1, -0.05) is 6.07 Å². The smallest absolute Gasteiger partial charge is 0.243 e. The summed E-state index contributed by atoms with van der Waals surface area (Å²) in [6.07, 6.45) is 3.59. The van der Waals surface area contributed by atoms with E-state index in [1.807, 2.05) is 37.3 Å². The van der Waals surface area contributed by atoms with E-state index in [0.29, 0.717) is 24.5 Å². The van der Waals surface area contributed by atoms with Crippen molar-refractivity contribution in [3.63, 3.8) is 0 Å². The standard InChI is InChI=1S/C27H32N4O3S/c1-19-7-9-23(16-20(19)2)28-27(32)22-6-5-13-30(18-22)26-12-8-21-17-24(10-11-25(21)29-26)35(33,34)31-14-3-4-15-31/h7-12,16-17,22H,3-6,13-15,18H2,1-2H3,(H,28,32)/t22-/m1/s1. The summed E-state index contributed by atoms with van der Waals surface area (Å²) in [6.45, 7) is 6.73. The number of carbonyl (C=O) groups excluding carboxylic acids is 1. The van der Waals surface area contributed by atoms with Crippen LogP contribution in [0, 0.1) is 19.8 Å². The minimum Gasteiger partial charge on any atom is -0.356 e. The Kier molecular flexibility index (Phi) is 6.51. The maximum absolute atomic E-state index is 13.0. The van der Waals surface area contributed by atoms with Crippen LogP contribution in [-0.4, -0.2) is 49.8 Å². The number of nitrogens with one attached hydrogen (secondary N) is 1. The van der Waals surface area contributed by atoms with Crippen LogP contribution < -0.4 is 10.2 Å². The third kappa shape index (κ3) is 4.90. The Morgan fingerprint density at radius 3 is 2.51 bits per heavy atom. The second-order valence-electron chi connectivity index (χ2n) is 9.71. The SMILES string of the molecule is Cc1ccc(NC(=O)[C@@H]2CCCN(c3ccc4cc(S(=O)(=O)N5CCCC5)ccc4n3)C2)cc1C. The highest BCUT2D eigenvalue weighted by Crippen LogP contribution is 2.28. The molecule has 0 unspecified atom stereocenters. The fraction of sp³-hybridized carbons (Fsp3) is 0.407. The summed E-state index contributed by atoms with van der Waals surface area (Å²) >= 11 is 0. The van der Waals surface area contributed by atoms with Gasteiger partial charge in [0.15, 0.2) is 0 Å². The first kappa shape index (κ1) is 23.8. The number of aromatic nitrogens is 1. The molecule has 0 bridgehead atoms. The van der Waals surface area contributed by atoms with Crippen LogP contribution in [0.25, 0.3) is 10.9 Å². The second-order valence-corrected chi connectivity index (χ2v) is 11.6. The number of sulfonamides is 1. The lowest BCUT2D eigenvalue weighted by Gasteiger charge is -2.33. The van der Waals surface area contributed by atoms with Crippen molar-refractivity contribution in [1.29, 1.82) is 0 Å². The quantitative estimate of drug-likeness (QED) is 0.567. The molecule has 8 heteroatoms. The highest BCUT2D eigenvalue weighted by Gasteiger charge is 2.28. The summed E-state index contributed by atoms with van der Waals surface area (Å²) in [4.78, 5) is 20.3. The van der Waals surface area contributed by atoms with Crippen molar-refractivity contribution in [3.8, 4) is 0 Å². The van der Waals surface area contributed by atoms with Gasteiger partial charge in [-0.25, -0.2) is 13.4 Å². The van der Waals surface area contributed by atoms with Crippen LogP contribution >= 0.6 is 0 Å². The van der Waals surface area contributed by atoms with E-state index in [0.717, 1.165) is 60.2 Å². The van der Waals surface area contributed by atoms with Gasteiger partial charge >= 0.3 is 0 Å². The van der Waals surface area contributed by atoms with Gasteiger partial charge in [-0.05, 0) is 93.1 Å². The number of rotatable bonds is 5. The van der Waals surface area contributed by atoms with Crippen LogP contribution in [0.1, 0.15) is 36.8 Å². The Hall–Kier alpha value is -2.97. The van der Waals surface area contributed by atoms with E-state index in [-0.39, 0.29) is 11.8 Å². The molecular weight excluding hydrogens is 460 g/mol. The molecule has 0 saturated carbocycles. The first-order valence-corrected chi connectivity index (χ1v) is 13.8. The van der Waals surface area contributed by atoms with Gasteiger partial charge in [-0.15, -0.1) is 0 Å². The van der Waals surface area contributed by atoms with Crippen LogP contribution in [0.3, 0.4) is 0 Å². The Labute approximate surface area is 207 Å². The molecule has 2 aliphatic heterocycles. The molecule has 1 amide bonds. The second kappa shape index (κ2) is 9.59. The van der Waals surface area contributed by atoms with Crippen molar-refractivity contribution in [2.45, 2.75) is 44.4 Å². The average molecular weight is 493 g/mol. The van der Waals surface area contributed by atoms with Gasteiger partial charge in [0.2, 0.25) is 15.9 Å². The lowest BCUT2D eigenvalue weighted by atomic mass is 9.96. The summed E-state index contributed by atoms with van der Waals surface area (Å²) in [5, 5.41) is 3.88. The van der Waals surface area contributed by atoms with Gasteiger partial charge in [0, 0.05) is 37.3 Å². The predicted octanol–water partition coefficient (Wildman–Crippen LogP) is 4.49. The number of anilines is 2. The monoisotopic (exact) mass is 492 g/mol. The number of aryl methyl sites for hydroxylation is 2. The normalized spacial score (nSPS) is 19.3. The average Bonchev–Trinajstić information content (AvgIpc) is 3.42. The Balaban J connectivity index is 1.31. The summed E-state index contributed by atoms with van der Waals surface area (Å²) in [7, 11) is -3.46. The van der Waals surface area contributed by atoms with Crippen LogP contribution in [0.4, 0.5) is 11.5 Å². The zero-order valence-electron chi connectivity index (χ0n) is 20.3. The maximum atomic E-state index is 13.0. The molecule has 3 aromatic rings. The molecule has 1 N–H and O–H groups in total. The highest BCUT2D eigenvalue weighted by molar-refractivity contribution is 7.89. The zero-order valence-corrected chi connectivity index (χ0v) is 21.1. The third-order valence-corrected chi connectivity index (χ3v) is 9.13. The fourth-order valence-electron chi connectivity index (χ4n) is 4.97. The van der Waals surface area contributed by atoms with Crippen molar-refractivity contribution in [3.05, 3.63) is 59.7 Å². The number of piperidine rings is 1. The molecule has 2 aliphatic rings. The number of amides is 1. The van der Waals surface area contributed by atoms with E-state index in [1.54, 1.807) is 22.5 Å². The Morgan fingerprint density at radius 1 is 0.943 bits per heavy atom. The van der Waals surface area contributed by atoms with Gasteiger partial charge in [0.1, 0.15) is 5.82 Å². The number of benzene rings is 2. The molecule has 2 fully saturated rings. The lowest BCUT2D eigenvalue weighted by Crippen LogP contribution is -2.41. The minimum absolute atomic E-state index is 0.0375. The van der Waals surface area contributed by atoms with E-state index >= 15 is 0 Å². The van der Waals surface area contributed by atoms with E-state index < -0.39 is 10.0 Å². The zero-order chi connectivity index (χ0) is 24.6. The number of pyridine rings is 1. The first-order valence-electron chi connectivity index (χ1n) is 12.4. The number of carbonyl (C=O) groups is 1. The van der Waals surface area contributed by atoms with Gasteiger partial charge in [-0.2, -0.15) is 4.31 Å². The molecule has 35 heavy (non-hydrogen) atoms. The van der Waals surface area contributed by atoms with Gasteiger partial charge < -0.3 is 10.2 Å². The van der Waals surface area contributed by atoms with Crippen LogP contribution in [-0.2, 0) is 14.8 Å². The largest absolute Gasteiger partial charge is 0.356 e. The van der Waals surface area contributed by atoms with Crippen molar-refractivity contribution >= 4 is 38.3 Å². The van der Waals surface area contributed by atoms with Crippen LogP contribution in [0.5, 0.6) is 0 Å². The molecule has 7 nitrogen and oxygen atoms in total. The number of hydrogen-bond donors (Lipinski definition) is 1. The molecule has 5 rings (SSSR count). The van der Waals surface area contributed by atoms with Crippen molar-refractivity contribution in [1.82, 2.24) is 9.29 Å².